The van der Waals surface area contributed by atoms with E-state index < -0.39 is 10.0 Å². The summed E-state index contributed by atoms with van der Waals surface area (Å²) in [6.45, 7) is 0. The average molecular weight is 392 g/mol. The van der Waals surface area contributed by atoms with Crippen LogP contribution in [0.5, 0.6) is 5.75 Å². The summed E-state index contributed by atoms with van der Waals surface area (Å²) in [6.07, 6.45) is 0. The van der Waals surface area contributed by atoms with Gasteiger partial charge in [0.25, 0.3) is 10.0 Å². The van der Waals surface area contributed by atoms with Gasteiger partial charge in [-0.1, -0.05) is 17.7 Å². The molecule has 3 N–H and O–H groups in total. The van der Waals surface area contributed by atoms with Gasteiger partial charge in [0, 0.05) is 15.2 Å². The highest BCUT2D eigenvalue weighted by atomic mass is 79.9. The van der Waals surface area contributed by atoms with E-state index in [2.05, 4.69) is 20.7 Å². The number of nitrogens with two attached hydrogens (primary N) is 1. The zero-order valence-electron chi connectivity index (χ0n) is 10.9. The third-order valence-electron chi connectivity index (χ3n) is 2.65. The largest absolute Gasteiger partial charge is 0.495 e. The topological polar surface area (TPSA) is 81.4 Å². The minimum Gasteiger partial charge on any atom is -0.495 e. The normalized spacial score (nSPS) is 11.2. The first kappa shape index (κ1) is 15.9. The van der Waals surface area contributed by atoms with Crippen LogP contribution in [0.2, 0.25) is 5.02 Å². The van der Waals surface area contributed by atoms with E-state index in [0.717, 1.165) is 0 Å². The maximum absolute atomic E-state index is 12.5. The maximum Gasteiger partial charge on any atom is 0.265 e. The van der Waals surface area contributed by atoms with Gasteiger partial charge >= 0.3 is 0 Å². The molecule has 0 bridgehead atoms. The zero-order valence-corrected chi connectivity index (χ0v) is 14.1. The lowest BCUT2D eigenvalue weighted by Gasteiger charge is -2.13. The van der Waals surface area contributed by atoms with Crippen molar-refractivity contribution in [2.75, 3.05) is 17.6 Å². The molecule has 0 heterocycles. The van der Waals surface area contributed by atoms with Crippen LogP contribution in [0, 0.1) is 0 Å². The fraction of sp³-hybridized carbons (Fsp3) is 0.0769. The summed E-state index contributed by atoms with van der Waals surface area (Å²) in [5.41, 5.74) is 6.39. The van der Waals surface area contributed by atoms with Crippen molar-refractivity contribution in [2.45, 2.75) is 4.90 Å². The second-order valence-electron chi connectivity index (χ2n) is 4.14. The van der Waals surface area contributed by atoms with Gasteiger partial charge < -0.3 is 10.5 Å². The van der Waals surface area contributed by atoms with Gasteiger partial charge in [-0.2, -0.15) is 0 Å². The summed E-state index contributed by atoms with van der Waals surface area (Å²) in [5.74, 6) is 0.186. The maximum atomic E-state index is 12.5. The molecule has 0 fully saturated rings. The number of halogens is 2. The van der Waals surface area contributed by atoms with Gasteiger partial charge in [-0.15, -0.1) is 0 Å². The lowest BCUT2D eigenvalue weighted by molar-refractivity contribution is 0.402. The van der Waals surface area contributed by atoms with E-state index in [1.165, 1.54) is 25.3 Å². The van der Waals surface area contributed by atoms with Gasteiger partial charge in [0.05, 0.1) is 12.8 Å². The van der Waals surface area contributed by atoms with E-state index in [4.69, 9.17) is 22.1 Å². The number of nitrogens with one attached hydrogen (secondary N) is 1. The van der Waals surface area contributed by atoms with Crippen LogP contribution >= 0.6 is 27.5 Å². The Labute approximate surface area is 136 Å². The van der Waals surface area contributed by atoms with Crippen LogP contribution in [0.1, 0.15) is 0 Å². The van der Waals surface area contributed by atoms with Gasteiger partial charge in [0.15, 0.2) is 0 Å². The van der Waals surface area contributed by atoms with Crippen molar-refractivity contribution in [2.24, 2.45) is 0 Å². The van der Waals surface area contributed by atoms with E-state index in [-0.39, 0.29) is 10.6 Å². The molecule has 0 saturated carbocycles. The molecule has 0 atom stereocenters. The van der Waals surface area contributed by atoms with E-state index in [9.17, 15) is 8.42 Å². The Hall–Kier alpha value is -1.44. The van der Waals surface area contributed by atoms with Gasteiger partial charge in [0.2, 0.25) is 0 Å². The number of ether oxygens (including phenoxy) is 1. The van der Waals surface area contributed by atoms with Crippen molar-refractivity contribution in [3.63, 3.8) is 0 Å². The predicted octanol–water partition coefficient (Wildman–Crippen LogP) is 3.49. The molecule has 5 nitrogen and oxygen atoms in total. The molecule has 0 spiro atoms. The molecule has 0 saturated heterocycles. The minimum absolute atomic E-state index is 0.0503. The van der Waals surface area contributed by atoms with Crippen LogP contribution in [0.15, 0.2) is 45.8 Å². The molecule has 0 amide bonds. The zero-order chi connectivity index (χ0) is 15.6. The van der Waals surface area contributed by atoms with Crippen LogP contribution in [-0.4, -0.2) is 15.5 Å². The first-order chi connectivity index (χ1) is 9.83. The number of benzene rings is 2. The molecule has 2 aromatic carbocycles. The van der Waals surface area contributed by atoms with E-state index in [1.807, 2.05) is 0 Å². The van der Waals surface area contributed by atoms with Crippen molar-refractivity contribution in [3.05, 3.63) is 45.9 Å². The Morgan fingerprint density at radius 1 is 1.29 bits per heavy atom. The minimum atomic E-state index is -3.85. The Kier molecular flexibility index (Phi) is 4.65. The smallest absolute Gasteiger partial charge is 0.265 e. The molecular weight excluding hydrogens is 380 g/mol. The second kappa shape index (κ2) is 6.13. The molecule has 0 aromatic heterocycles. The Bertz CT molecular complexity index is 781. The van der Waals surface area contributed by atoms with Gasteiger partial charge in [0.1, 0.15) is 10.6 Å². The molecule has 0 aliphatic rings. The highest BCUT2D eigenvalue weighted by Crippen LogP contribution is 2.33. The van der Waals surface area contributed by atoms with Crippen LogP contribution in [0.4, 0.5) is 11.4 Å². The summed E-state index contributed by atoms with van der Waals surface area (Å²) in [6, 6.07) is 9.23. The summed E-state index contributed by atoms with van der Waals surface area (Å²) in [7, 11) is -2.46. The summed E-state index contributed by atoms with van der Waals surface area (Å²) >= 11 is 9.07. The van der Waals surface area contributed by atoms with Crippen molar-refractivity contribution < 1.29 is 13.2 Å². The predicted molar refractivity (Wildman–Crippen MR) is 87.4 cm³/mol. The molecule has 8 heteroatoms. The fourth-order valence-electron chi connectivity index (χ4n) is 1.68. The molecule has 0 radical (unpaired) electrons. The lowest BCUT2D eigenvalue weighted by Crippen LogP contribution is -2.14. The van der Waals surface area contributed by atoms with Crippen LogP contribution in [0.3, 0.4) is 0 Å². The first-order valence-electron chi connectivity index (χ1n) is 5.75. The number of methoxy groups -OCH3 is 1. The number of rotatable bonds is 4. The van der Waals surface area contributed by atoms with Crippen LogP contribution < -0.4 is 15.2 Å². The Morgan fingerprint density at radius 2 is 2.00 bits per heavy atom. The average Bonchev–Trinajstić information content (AvgIpc) is 2.40. The molecule has 21 heavy (non-hydrogen) atoms. The van der Waals surface area contributed by atoms with Crippen molar-refractivity contribution >= 4 is 48.9 Å². The monoisotopic (exact) mass is 390 g/mol. The first-order valence-corrected chi connectivity index (χ1v) is 8.40. The SMILES string of the molecule is COc1cc(Br)c(N)cc1S(=O)(=O)Nc1cccc(Cl)c1. The van der Waals surface area contributed by atoms with E-state index in [0.29, 0.717) is 20.9 Å². The summed E-state index contributed by atoms with van der Waals surface area (Å²) in [4.78, 5) is -0.0503. The van der Waals surface area contributed by atoms with Crippen molar-refractivity contribution in [1.82, 2.24) is 0 Å². The molecule has 0 unspecified atom stereocenters. The van der Waals surface area contributed by atoms with Gasteiger partial charge in [-0.05, 0) is 46.3 Å². The van der Waals surface area contributed by atoms with Crippen LogP contribution in [-0.2, 0) is 10.0 Å². The quantitative estimate of drug-likeness (QED) is 0.782. The van der Waals surface area contributed by atoms with Crippen molar-refractivity contribution in [1.29, 1.82) is 0 Å². The molecule has 0 aliphatic heterocycles. The second-order valence-corrected chi connectivity index (χ2v) is 7.08. The van der Waals surface area contributed by atoms with Crippen LogP contribution in [0.25, 0.3) is 0 Å². The van der Waals surface area contributed by atoms with Gasteiger partial charge in [-0.25, -0.2) is 8.42 Å². The highest BCUT2D eigenvalue weighted by Gasteiger charge is 2.21. The number of hydrogen-bond acceptors (Lipinski definition) is 4. The highest BCUT2D eigenvalue weighted by molar-refractivity contribution is 9.10. The van der Waals surface area contributed by atoms with E-state index >= 15 is 0 Å². The standard InChI is InChI=1S/C13H12BrClN2O3S/c1-20-12-6-10(14)11(16)7-13(12)21(18,19)17-9-4-2-3-8(15)5-9/h2-7,17H,16H2,1H3. The molecule has 2 aromatic rings. The number of nitrogen functional groups attached to an aromatic ring is 1. The summed E-state index contributed by atoms with van der Waals surface area (Å²) < 4.78 is 33.0. The molecule has 2 rings (SSSR count). The number of sulfonamides is 1. The lowest BCUT2D eigenvalue weighted by atomic mass is 10.3. The Balaban J connectivity index is 2.47. The number of anilines is 2. The third kappa shape index (κ3) is 3.61. The third-order valence-corrected chi connectivity index (χ3v) is 4.97. The Morgan fingerprint density at radius 3 is 2.62 bits per heavy atom. The van der Waals surface area contributed by atoms with Gasteiger partial charge in [-0.3, -0.25) is 4.72 Å². The van der Waals surface area contributed by atoms with Crippen molar-refractivity contribution in [3.8, 4) is 5.75 Å². The number of hydrogen-bond donors (Lipinski definition) is 2. The molecule has 112 valence electrons. The fourth-order valence-corrected chi connectivity index (χ4v) is 3.43. The van der Waals surface area contributed by atoms with E-state index in [1.54, 1.807) is 18.2 Å². The molecular formula is C13H12BrClN2O3S. The summed E-state index contributed by atoms with van der Waals surface area (Å²) in [5, 5.41) is 0.428. The molecule has 0 aliphatic carbocycles.